The Hall–Kier alpha value is -2.90. The van der Waals surface area contributed by atoms with Gasteiger partial charge in [0.1, 0.15) is 11.0 Å². The Labute approximate surface area is 263 Å². The van der Waals surface area contributed by atoms with Crippen molar-refractivity contribution in [2.75, 3.05) is 16.8 Å². The number of hydrogen-bond donors (Lipinski definition) is 2. The van der Waals surface area contributed by atoms with Crippen molar-refractivity contribution >= 4 is 95.7 Å². The molecule has 1 saturated heterocycles. The molecule has 208 valence electrons. The molecular weight excluding hydrogens is 718 g/mol. The minimum atomic E-state index is -0.797. The van der Waals surface area contributed by atoms with E-state index < -0.39 is 23.0 Å². The van der Waals surface area contributed by atoms with E-state index in [9.17, 15) is 19.2 Å². The van der Waals surface area contributed by atoms with Gasteiger partial charge in [0, 0.05) is 36.0 Å². The standard InChI is InChI=1S/C28H18Br2ClN3O5S2/c29-13-1-8-17(9-2-13)34-26(36)22-21(23-25(33-28(38)41-23)40-24(22)27(34)37)18-11-14(30)3-10-19(18)39-12-20(35)32-16-6-4-15(31)5-7-16/h1-11,21-22,24H,12H2,(H,32,35)(H,33,38). The number of thiazole rings is 1. The van der Waals surface area contributed by atoms with E-state index in [0.717, 1.165) is 15.8 Å². The van der Waals surface area contributed by atoms with Crippen molar-refractivity contribution in [3.8, 4) is 5.75 Å². The van der Waals surface area contributed by atoms with E-state index in [1.54, 1.807) is 66.7 Å². The van der Waals surface area contributed by atoms with E-state index in [0.29, 0.717) is 42.1 Å². The number of thioether (sulfide) groups is 1. The van der Waals surface area contributed by atoms with Gasteiger partial charge in [-0.15, -0.1) is 0 Å². The molecule has 2 aliphatic rings. The van der Waals surface area contributed by atoms with Gasteiger partial charge in [0.2, 0.25) is 11.8 Å². The summed E-state index contributed by atoms with van der Waals surface area (Å²) in [7, 11) is 0. The predicted molar refractivity (Wildman–Crippen MR) is 166 cm³/mol. The van der Waals surface area contributed by atoms with Crippen LogP contribution in [0.5, 0.6) is 5.75 Å². The van der Waals surface area contributed by atoms with E-state index in [1.165, 1.54) is 16.7 Å². The molecule has 0 aliphatic carbocycles. The number of nitrogens with zero attached hydrogens (tertiary/aromatic N) is 1. The van der Waals surface area contributed by atoms with Gasteiger partial charge in [0.15, 0.2) is 6.61 Å². The number of hydrogen-bond acceptors (Lipinski definition) is 7. The van der Waals surface area contributed by atoms with Gasteiger partial charge in [-0.05, 0) is 66.7 Å². The molecule has 8 nitrogen and oxygen atoms in total. The number of aromatic nitrogens is 1. The molecule has 3 atom stereocenters. The normalized spacial score (nSPS) is 19.6. The van der Waals surface area contributed by atoms with Gasteiger partial charge in [-0.3, -0.25) is 19.2 Å². The molecule has 2 aliphatic heterocycles. The van der Waals surface area contributed by atoms with Crippen LogP contribution in [0.25, 0.3) is 0 Å². The quantitative estimate of drug-likeness (QED) is 0.221. The maximum atomic E-state index is 14.0. The zero-order chi connectivity index (χ0) is 28.8. The van der Waals surface area contributed by atoms with Crippen molar-refractivity contribution in [2.45, 2.75) is 16.2 Å². The molecule has 3 amide bonds. The summed E-state index contributed by atoms with van der Waals surface area (Å²) in [4.78, 5) is 57.2. The third kappa shape index (κ3) is 5.51. The smallest absolute Gasteiger partial charge is 0.305 e. The summed E-state index contributed by atoms with van der Waals surface area (Å²) in [6.45, 7) is -0.305. The Morgan fingerprint density at radius 3 is 2.41 bits per heavy atom. The molecular formula is C28H18Br2ClN3O5S2. The lowest BCUT2D eigenvalue weighted by atomic mass is 9.82. The number of imide groups is 1. The van der Waals surface area contributed by atoms with Crippen LogP contribution < -0.4 is 19.8 Å². The number of fused-ring (bicyclic) bond motifs is 2. The van der Waals surface area contributed by atoms with Crippen molar-refractivity contribution in [3.63, 3.8) is 0 Å². The van der Waals surface area contributed by atoms with Crippen LogP contribution in [0, 0.1) is 5.92 Å². The summed E-state index contributed by atoms with van der Waals surface area (Å²) in [6, 6.07) is 18.9. The Morgan fingerprint density at radius 2 is 1.68 bits per heavy atom. The molecule has 3 heterocycles. The predicted octanol–water partition coefficient (Wildman–Crippen LogP) is 6.43. The minimum absolute atomic E-state index is 0.281. The van der Waals surface area contributed by atoms with E-state index in [-0.39, 0.29) is 23.3 Å². The van der Waals surface area contributed by atoms with Gasteiger partial charge in [-0.2, -0.15) is 0 Å². The number of carbonyl (C=O) groups excluding carboxylic acids is 3. The van der Waals surface area contributed by atoms with Crippen LogP contribution in [0.1, 0.15) is 16.4 Å². The molecule has 3 aromatic carbocycles. The molecule has 0 bridgehead atoms. The van der Waals surface area contributed by atoms with Crippen LogP contribution in [0.3, 0.4) is 0 Å². The van der Waals surface area contributed by atoms with Crippen molar-refractivity contribution in [1.82, 2.24) is 4.98 Å². The first-order valence-corrected chi connectivity index (χ1v) is 15.9. The van der Waals surface area contributed by atoms with Crippen LogP contribution >= 0.6 is 66.6 Å². The SMILES string of the molecule is O=C(COc1ccc(Br)cc1C1c2sc(=O)[nH]c2SC2C(=O)N(c3ccc(Br)cc3)C(=O)C21)Nc1ccc(Cl)cc1. The van der Waals surface area contributed by atoms with Crippen LogP contribution in [0.15, 0.2) is 85.5 Å². The summed E-state index contributed by atoms with van der Waals surface area (Å²) in [6.07, 6.45) is 0. The van der Waals surface area contributed by atoms with Crippen molar-refractivity contribution < 1.29 is 19.1 Å². The lowest BCUT2D eigenvalue weighted by Crippen LogP contribution is -2.32. The zero-order valence-electron chi connectivity index (χ0n) is 20.7. The molecule has 3 unspecified atom stereocenters. The van der Waals surface area contributed by atoms with E-state index in [2.05, 4.69) is 42.2 Å². The second-order valence-electron chi connectivity index (χ2n) is 9.26. The summed E-state index contributed by atoms with van der Waals surface area (Å²) >= 11 is 15.0. The Kier molecular flexibility index (Phi) is 7.86. The fraction of sp³-hybridized carbons (Fsp3) is 0.143. The lowest BCUT2D eigenvalue weighted by Gasteiger charge is -2.31. The van der Waals surface area contributed by atoms with Crippen LogP contribution in [-0.2, 0) is 14.4 Å². The third-order valence-corrected chi connectivity index (χ3v) is 10.4. The molecule has 2 N–H and O–H groups in total. The highest BCUT2D eigenvalue weighted by Gasteiger charge is 2.56. The fourth-order valence-corrected chi connectivity index (χ4v) is 8.24. The molecule has 4 aromatic rings. The number of carbonyl (C=O) groups is 3. The fourth-order valence-electron chi connectivity index (χ4n) is 4.96. The van der Waals surface area contributed by atoms with Gasteiger partial charge in [0.05, 0.1) is 16.6 Å². The molecule has 41 heavy (non-hydrogen) atoms. The average molecular weight is 736 g/mol. The largest absolute Gasteiger partial charge is 0.483 e. The highest BCUT2D eigenvalue weighted by Crippen LogP contribution is 2.54. The molecule has 6 rings (SSSR count). The first kappa shape index (κ1) is 28.2. The molecule has 13 heteroatoms. The Morgan fingerprint density at radius 1 is 0.976 bits per heavy atom. The Balaban J connectivity index is 1.36. The topological polar surface area (TPSA) is 109 Å². The number of amides is 3. The number of rotatable bonds is 6. The highest BCUT2D eigenvalue weighted by molar-refractivity contribution is 9.10. The molecule has 0 saturated carbocycles. The molecule has 0 radical (unpaired) electrons. The number of halogens is 3. The van der Waals surface area contributed by atoms with Crippen molar-refractivity contribution in [1.29, 1.82) is 0 Å². The molecule has 1 aromatic heterocycles. The third-order valence-electron chi connectivity index (χ3n) is 6.70. The average Bonchev–Trinajstić information content (AvgIpc) is 3.44. The van der Waals surface area contributed by atoms with E-state index >= 15 is 0 Å². The highest BCUT2D eigenvalue weighted by atomic mass is 79.9. The summed E-state index contributed by atoms with van der Waals surface area (Å²) in [5, 5.41) is 3.10. The van der Waals surface area contributed by atoms with Crippen molar-refractivity contribution in [2.24, 2.45) is 5.92 Å². The summed E-state index contributed by atoms with van der Waals surface area (Å²) in [5.74, 6) is -2.20. The minimum Gasteiger partial charge on any atom is -0.483 e. The maximum Gasteiger partial charge on any atom is 0.305 e. The number of ether oxygens (including phenoxy) is 1. The number of anilines is 2. The van der Waals surface area contributed by atoms with Crippen LogP contribution in [-0.4, -0.2) is 34.6 Å². The van der Waals surface area contributed by atoms with Gasteiger partial charge in [-0.1, -0.05) is 66.6 Å². The number of aromatic amines is 1. The first-order chi connectivity index (χ1) is 19.7. The van der Waals surface area contributed by atoms with E-state index in [1.807, 2.05) is 0 Å². The number of H-pyrrole nitrogens is 1. The summed E-state index contributed by atoms with van der Waals surface area (Å²) in [5.41, 5.74) is 1.62. The monoisotopic (exact) mass is 733 g/mol. The first-order valence-electron chi connectivity index (χ1n) is 12.2. The Bertz CT molecular complexity index is 1740. The van der Waals surface area contributed by atoms with Gasteiger partial charge < -0.3 is 15.0 Å². The second kappa shape index (κ2) is 11.4. The summed E-state index contributed by atoms with van der Waals surface area (Å²) < 4.78 is 7.53. The molecule has 1 fully saturated rings. The van der Waals surface area contributed by atoms with Crippen LogP contribution in [0.2, 0.25) is 5.02 Å². The zero-order valence-corrected chi connectivity index (χ0v) is 26.3. The van der Waals surface area contributed by atoms with Crippen LogP contribution in [0.4, 0.5) is 11.4 Å². The lowest BCUT2D eigenvalue weighted by molar-refractivity contribution is -0.122. The van der Waals surface area contributed by atoms with Gasteiger partial charge in [-0.25, -0.2) is 4.90 Å². The number of benzene rings is 3. The van der Waals surface area contributed by atoms with E-state index in [4.69, 9.17) is 16.3 Å². The number of nitrogens with one attached hydrogen (secondary N) is 2. The van der Waals surface area contributed by atoms with Gasteiger partial charge >= 0.3 is 4.87 Å². The maximum absolute atomic E-state index is 14.0. The molecule has 0 spiro atoms. The van der Waals surface area contributed by atoms with Gasteiger partial charge in [0.25, 0.3) is 5.91 Å². The second-order valence-corrected chi connectivity index (χ2v) is 13.7. The van der Waals surface area contributed by atoms with Crippen molar-refractivity contribution in [3.05, 3.63) is 101 Å².